The van der Waals surface area contributed by atoms with E-state index in [1.165, 1.54) is 19.2 Å². The molecule has 1 aliphatic rings. The van der Waals surface area contributed by atoms with Crippen molar-refractivity contribution < 1.29 is 27.8 Å². The van der Waals surface area contributed by atoms with Gasteiger partial charge in [-0.25, -0.2) is 0 Å². The second-order valence-corrected chi connectivity index (χ2v) is 6.79. The van der Waals surface area contributed by atoms with Crippen LogP contribution in [0, 0.1) is 5.41 Å². The number of ether oxygens (including phenoxy) is 2. The van der Waals surface area contributed by atoms with E-state index in [2.05, 4.69) is 15.0 Å². The zero-order valence-electron chi connectivity index (χ0n) is 14.7. The van der Waals surface area contributed by atoms with E-state index < -0.39 is 11.8 Å². The predicted octanol–water partition coefficient (Wildman–Crippen LogP) is 2.56. The normalized spacial score (nSPS) is 18.0. The molecule has 0 saturated carbocycles. The highest BCUT2D eigenvalue weighted by molar-refractivity contribution is 5.43. The van der Waals surface area contributed by atoms with Gasteiger partial charge in [-0.05, 0) is 6.07 Å². The Morgan fingerprint density at radius 2 is 1.88 bits per heavy atom. The summed E-state index contributed by atoms with van der Waals surface area (Å²) in [6.07, 6.45) is -4.76. The largest absolute Gasteiger partial charge is 0.573 e. The van der Waals surface area contributed by atoms with Crippen LogP contribution in [0.1, 0.15) is 25.5 Å². The molecule has 1 aliphatic heterocycles. The third-order valence-corrected chi connectivity index (χ3v) is 4.40. The first kappa shape index (κ1) is 19.8. The highest BCUT2D eigenvalue weighted by atomic mass is 19.4. The van der Waals surface area contributed by atoms with Crippen molar-refractivity contribution >= 4 is 0 Å². The van der Waals surface area contributed by atoms with Crippen LogP contribution in [0.25, 0.3) is 0 Å². The quantitative estimate of drug-likeness (QED) is 0.815. The number of piperazine rings is 1. The Labute approximate surface area is 145 Å². The third-order valence-electron chi connectivity index (χ3n) is 4.40. The van der Waals surface area contributed by atoms with Crippen LogP contribution >= 0.6 is 0 Å². The predicted molar refractivity (Wildman–Crippen MR) is 87.7 cm³/mol. The average Bonchev–Trinajstić information content (AvgIpc) is 2.55. The number of hydrogen-bond donors (Lipinski definition) is 2. The number of nitrogens with zero attached hydrogens (tertiary/aromatic N) is 1. The van der Waals surface area contributed by atoms with E-state index in [1.54, 1.807) is 6.07 Å². The van der Waals surface area contributed by atoms with Gasteiger partial charge in [0.05, 0.1) is 7.11 Å². The summed E-state index contributed by atoms with van der Waals surface area (Å²) in [5.74, 6) is -0.0132. The average molecular weight is 362 g/mol. The molecule has 5 nitrogen and oxygen atoms in total. The first-order valence-corrected chi connectivity index (χ1v) is 8.17. The second-order valence-electron chi connectivity index (χ2n) is 6.79. The monoisotopic (exact) mass is 362 g/mol. The van der Waals surface area contributed by atoms with Crippen LogP contribution < -0.4 is 14.8 Å². The zero-order valence-corrected chi connectivity index (χ0v) is 14.7. The summed E-state index contributed by atoms with van der Waals surface area (Å²) in [6, 6.07) is 3.92. The Balaban J connectivity index is 2.41. The number of hydrogen-bond acceptors (Lipinski definition) is 5. The van der Waals surface area contributed by atoms with Crippen LogP contribution in [-0.4, -0.2) is 56.3 Å². The highest BCUT2D eigenvalue weighted by Crippen LogP contribution is 2.43. The summed E-state index contributed by atoms with van der Waals surface area (Å²) in [6.45, 7) is 6.98. The minimum atomic E-state index is -4.76. The van der Waals surface area contributed by atoms with Crippen molar-refractivity contribution in [2.45, 2.75) is 26.3 Å². The molecule has 1 aromatic rings. The van der Waals surface area contributed by atoms with Gasteiger partial charge in [0.1, 0.15) is 11.5 Å². The van der Waals surface area contributed by atoms with E-state index in [4.69, 9.17) is 4.74 Å². The number of aliphatic hydroxyl groups is 1. The molecule has 2 N–H and O–H groups in total. The fourth-order valence-electron chi connectivity index (χ4n) is 3.25. The molecule has 1 atom stereocenters. The number of halogens is 3. The zero-order chi connectivity index (χ0) is 18.7. The summed E-state index contributed by atoms with van der Waals surface area (Å²) < 4.78 is 46.7. The van der Waals surface area contributed by atoms with E-state index in [0.717, 1.165) is 31.7 Å². The van der Waals surface area contributed by atoms with E-state index >= 15 is 0 Å². The van der Waals surface area contributed by atoms with Crippen molar-refractivity contribution in [2.75, 3.05) is 39.9 Å². The van der Waals surface area contributed by atoms with Crippen molar-refractivity contribution in [1.29, 1.82) is 0 Å². The molecule has 2 rings (SSSR count). The van der Waals surface area contributed by atoms with Gasteiger partial charge in [0.15, 0.2) is 0 Å². The minimum Gasteiger partial charge on any atom is -0.496 e. The molecule has 0 bridgehead atoms. The van der Waals surface area contributed by atoms with Gasteiger partial charge >= 0.3 is 6.36 Å². The van der Waals surface area contributed by atoms with Crippen LogP contribution in [0.3, 0.4) is 0 Å². The van der Waals surface area contributed by atoms with E-state index in [-0.39, 0.29) is 18.4 Å². The summed E-state index contributed by atoms with van der Waals surface area (Å²) in [5, 5.41) is 13.1. The number of benzene rings is 1. The lowest BCUT2D eigenvalue weighted by Crippen LogP contribution is -2.49. The molecule has 0 aromatic heterocycles. The first-order chi connectivity index (χ1) is 11.7. The molecule has 142 valence electrons. The second kappa shape index (κ2) is 7.80. The van der Waals surface area contributed by atoms with Gasteiger partial charge in [0.25, 0.3) is 0 Å². The minimum absolute atomic E-state index is 0.0639. The third kappa shape index (κ3) is 4.99. The highest BCUT2D eigenvalue weighted by Gasteiger charge is 2.38. The van der Waals surface area contributed by atoms with Crippen LogP contribution in [-0.2, 0) is 0 Å². The Morgan fingerprint density at radius 3 is 2.40 bits per heavy atom. The summed E-state index contributed by atoms with van der Waals surface area (Å²) in [5.41, 5.74) is 0.231. The van der Waals surface area contributed by atoms with Crippen molar-refractivity contribution in [2.24, 2.45) is 5.41 Å². The fraction of sp³-hybridized carbons (Fsp3) is 0.647. The van der Waals surface area contributed by atoms with Gasteiger partial charge in [-0.1, -0.05) is 19.9 Å². The Bertz CT molecular complexity index is 573. The molecular formula is C17H25F3N2O3. The van der Waals surface area contributed by atoms with Crippen LogP contribution in [0.15, 0.2) is 18.2 Å². The molecule has 0 amide bonds. The van der Waals surface area contributed by atoms with Gasteiger partial charge in [0, 0.05) is 55.9 Å². The Hall–Kier alpha value is -1.51. The lowest BCUT2D eigenvalue weighted by atomic mass is 9.79. The maximum Gasteiger partial charge on any atom is 0.573 e. The van der Waals surface area contributed by atoms with Gasteiger partial charge in [-0.3, -0.25) is 4.90 Å². The molecule has 25 heavy (non-hydrogen) atoms. The van der Waals surface area contributed by atoms with Crippen LogP contribution in [0.5, 0.6) is 11.5 Å². The van der Waals surface area contributed by atoms with Crippen LogP contribution in [0.2, 0.25) is 0 Å². The molecule has 1 heterocycles. The fourth-order valence-corrected chi connectivity index (χ4v) is 3.25. The SMILES string of the molecule is COc1cc(OC(F)(F)F)ccc1[C@H](N1CCNCC1)C(C)(C)CO. The first-order valence-electron chi connectivity index (χ1n) is 8.17. The van der Waals surface area contributed by atoms with Crippen molar-refractivity contribution in [3.8, 4) is 11.5 Å². The standard InChI is InChI=1S/C17H25F3N2O3/c1-16(2,11-23)15(22-8-6-21-7-9-22)13-5-4-12(10-14(13)24-3)25-17(18,19)20/h4-5,10,15,21,23H,6-9,11H2,1-3H3/t15-/m0/s1. The van der Waals surface area contributed by atoms with E-state index in [1.807, 2.05) is 13.8 Å². The van der Waals surface area contributed by atoms with Gasteiger partial charge < -0.3 is 19.9 Å². The molecule has 8 heteroatoms. The summed E-state index contributed by atoms with van der Waals surface area (Å²) in [7, 11) is 1.41. The lowest BCUT2D eigenvalue weighted by molar-refractivity contribution is -0.274. The smallest absolute Gasteiger partial charge is 0.496 e. The molecule has 1 aromatic carbocycles. The van der Waals surface area contributed by atoms with Gasteiger partial charge in [-0.15, -0.1) is 13.2 Å². The number of methoxy groups -OCH3 is 1. The number of alkyl halides is 3. The van der Waals surface area contributed by atoms with Crippen molar-refractivity contribution in [1.82, 2.24) is 10.2 Å². The van der Waals surface area contributed by atoms with Crippen molar-refractivity contribution in [3.05, 3.63) is 23.8 Å². The molecule has 0 unspecified atom stereocenters. The van der Waals surface area contributed by atoms with Gasteiger partial charge in [-0.2, -0.15) is 0 Å². The molecule has 0 spiro atoms. The molecule has 1 fully saturated rings. The molecule has 0 radical (unpaired) electrons. The topological polar surface area (TPSA) is 54.0 Å². The van der Waals surface area contributed by atoms with E-state index in [9.17, 15) is 18.3 Å². The number of aliphatic hydroxyl groups excluding tert-OH is 1. The molecular weight excluding hydrogens is 337 g/mol. The van der Waals surface area contributed by atoms with E-state index in [0.29, 0.717) is 5.75 Å². The van der Waals surface area contributed by atoms with Crippen molar-refractivity contribution in [3.63, 3.8) is 0 Å². The molecule has 0 aliphatic carbocycles. The van der Waals surface area contributed by atoms with Gasteiger partial charge in [0.2, 0.25) is 0 Å². The van der Waals surface area contributed by atoms with Crippen LogP contribution in [0.4, 0.5) is 13.2 Å². The lowest BCUT2D eigenvalue weighted by Gasteiger charge is -2.43. The maximum atomic E-state index is 12.5. The Morgan fingerprint density at radius 1 is 1.24 bits per heavy atom. The Kier molecular flexibility index (Phi) is 6.18. The maximum absolute atomic E-state index is 12.5. The number of nitrogens with one attached hydrogen (secondary N) is 1. The summed E-state index contributed by atoms with van der Waals surface area (Å²) in [4.78, 5) is 2.22. The summed E-state index contributed by atoms with van der Waals surface area (Å²) >= 11 is 0. The molecule has 1 saturated heterocycles. The number of rotatable bonds is 6.